The van der Waals surface area contributed by atoms with Crippen molar-refractivity contribution >= 4 is 27.9 Å². The number of carbonyl (C=O) groups is 1. The number of nitriles is 1. The highest BCUT2D eigenvalue weighted by Gasteiger charge is 2.40. The number of anilines is 2. The molecule has 0 bridgehead atoms. The minimum absolute atomic E-state index is 0.247. The lowest BCUT2D eigenvalue weighted by atomic mass is 10.0. The molecule has 1 amide bonds. The lowest BCUT2D eigenvalue weighted by Crippen LogP contribution is -2.17. The topological polar surface area (TPSA) is 90.9 Å². The van der Waals surface area contributed by atoms with Crippen molar-refractivity contribution in [3.8, 4) is 6.07 Å². The summed E-state index contributed by atoms with van der Waals surface area (Å²) >= 11 is 1.25. The summed E-state index contributed by atoms with van der Waals surface area (Å²) in [5.74, 6) is -0.247. The van der Waals surface area contributed by atoms with Crippen molar-refractivity contribution in [2.75, 3.05) is 24.6 Å². The molecule has 4 N–H and O–H groups in total. The molecule has 1 aromatic heterocycles. The number of hydrogen-bond donors (Lipinski definition) is 3. The summed E-state index contributed by atoms with van der Waals surface area (Å²) in [7, 11) is 1.55. The van der Waals surface area contributed by atoms with E-state index in [0.29, 0.717) is 20.9 Å². The fourth-order valence-corrected chi connectivity index (χ4v) is 3.07. The number of nitrogen functional groups attached to an aromatic ring is 1. The van der Waals surface area contributed by atoms with Crippen LogP contribution in [0.25, 0.3) is 0 Å². The third-order valence-electron chi connectivity index (χ3n) is 3.82. The zero-order valence-corrected chi connectivity index (χ0v) is 12.0. The molecule has 5 nitrogen and oxygen atoms in total. The molecule has 1 aliphatic rings. The molecule has 1 saturated carbocycles. The van der Waals surface area contributed by atoms with Crippen LogP contribution in [0, 0.1) is 16.7 Å². The third-order valence-corrected chi connectivity index (χ3v) is 4.98. The molecule has 102 valence electrons. The van der Waals surface area contributed by atoms with Gasteiger partial charge in [0.25, 0.3) is 5.91 Å². The number of nitrogens with zero attached hydrogens (tertiary/aromatic N) is 1. The van der Waals surface area contributed by atoms with Crippen LogP contribution in [-0.4, -0.2) is 19.5 Å². The Morgan fingerprint density at radius 1 is 1.58 bits per heavy atom. The number of amides is 1. The van der Waals surface area contributed by atoms with Crippen LogP contribution in [0.3, 0.4) is 0 Å². The van der Waals surface area contributed by atoms with Crippen LogP contribution in [0.4, 0.5) is 10.7 Å². The Kier molecular flexibility index (Phi) is 3.67. The van der Waals surface area contributed by atoms with Crippen LogP contribution in [0.15, 0.2) is 0 Å². The molecule has 6 heteroatoms. The molecule has 2 rings (SSSR count). The summed E-state index contributed by atoms with van der Waals surface area (Å²) in [5, 5.41) is 15.7. The van der Waals surface area contributed by atoms with E-state index >= 15 is 0 Å². The molecule has 1 aliphatic carbocycles. The van der Waals surface area contributed by atoms with Crippen molar-refractivity contribution in [1.82, 2.24) is 5.32 Å². The molecule has 0 saturated heterocycles. The first kappa shape index (κ1) is 13.7. The normalized spacial score (nSPS) is 15.6. The maximum Gasteiger partial charge on any atom is 0.263 e. The number of hydrogen-bond acceptors (Lipinski definition) is 5. The number of nitrogens with two attached hydrogens (primary N) is 1. The second-order valence-corrected chi connectivity index (χ2v) is 5.97. The van der Waals surface area contributed by atoms with Crippen LogP contribution < -0.4 is 16.4 Å². The Balaban J connectivity index is 2.20. The van der Waals surface area contributed by atoms with E-state index in [1.165, 1.54) is 24.2 Å². The highest BCUT2D eigenvalue weighted by molar-refractivity contribution is 7.18. The lowest BCUT2D eigenvalue weighted by molar-refractivity contribution is 0.0968. The smallest absolute Gasteiger partial charge is 0.263 e. The average Bonchev–Trinajstić information content (AvgIpc) is 3.14. The molecular weight excluding hydrogens is 260 g/mol. The summed E-state index contributed by atoms with van der Waals surface area (Å²) in [4.78, 5) is 12.1. The van der Waals surface area contributed by atoms with E-state index in [1.54, 1.807) is 7.05 Å². The van der Waals surface area contributed by atoms with Crippen molar-refractivity contribution < 1.29 is 4.79 Å². The van der Waals surface area contributed by atoms with E-state index in [9.17, 15) is 10.1 Å². The Morgan fingerprint density at radius 3 is 2.74 bits per heavy atom. The van der Waals surface area contributed by atoms with E-state index in [2.05, 4.69) is 23.6 Å². The highest BCUT2D eigenvalue weighted by atomic mass is 32.1. The van der Waals surface area contributed by atoms with Gasteiger partial charge in [0, 0.05) is 13.6 Å². The number of thiophene rings is 1. The zero-order chi connectivity index (χ0) is 14.0. The van der Waals surface area contributed by atoms with E-state index in [1.807, 2.05) is 0 Å². The summed E-state index contributed by atoms with van der Waals surface area (Å²) in [5.41, 5.74) is 6.90. The molecule has 0 atom stereocenters. The molecule has 0 aromatic carbocycles. The van der Waals surface area contributed by atoms with Gasteiger partial charge in [0.2, 0.25) is 0 Å². The van der Waals surface area contributed by atoms with E-state index in [0.717, 1.165) is 13.0 Å². The average molecular weight is 278 g/mol. The monoisotopic (exact) mass is 278 g/mol. The molecule has 0 radical (unpaired) electrons. The van der Waals surface area contributed by atoms with Gasteiger partial charge >= 0.3 is 0 Å². The van der Waals surface area contributed by atoms with E-state index in [4.69, 9.17) is 5.73 Å². The number of carbonyl (C=O) groups excluding carboxylic acids is 1. The van der Waals surface area contributed by atoms with Gasteiger partial charge in [-0.3, -0.25) is 4.79 Å². The van der Waals surface area contributed by atoms with Crippen LogP contribution in [0.5, 0.6) is 0 Å². The zero-order valence-electron chi connectivity index (χ0n) is 11.2. The van der Waals surface area contributed by atoms with Crippen molar-refractivity contribution in [2.45, 2.75) is 26.2 Å². The molecule has 1 fully saturated rings. The summed E-state index contributed by atoms with van der Waals surface area (Å²) in [6.45, 7) is 3.02. The number of rotatable bonds is 5. The van der Waals surface area contributed by atoms with Crippen molar-refractivity contribution in [3.05, 3.63) is 10.4 Å². The van der Waals surface area contributed by atoms with Gasteiger partial charge in [-0.2, -0.15) is 5.26 Å². The SMILES string of the molecule is CCC1(CNc2sc(C(=O)NC)c(N)c2C#N)CC1. The van der Waals surface area contributed by atoms with E-state index in [-0.39, 0.29) is 11.6 Å². The predicted octanol–water partition coefficient (Wildman–Crippen LogP) is 2.16. The fraction of sp³-hybridized carbons (Fsp3) is 0.538. The van der Waals surface area contributed by atoms with Crippen LogP contribution >= 0.6 is 11.3 Å². The van der Waals surface area contributed by atoms with Crippen LogP contribution in [0.2, 0.25) is 0 Å². The first-order valence-electron chi connectivity index (χ1n) is 6.35. The lowest BCUT2D eigenvalue weighted by Gasteiger charge is -2.13. The summed E-state index contributed by atoms with van der Waals surface area (Å²) in [6, 6.07) is 2.08. The third kappa shape index (κ3) is 2.51. The molecule has 0 spiro atoms. The molecule has 0 aliphatic heterocycles. The Hall–Kier alpha value is -1.74. The summed E-state index contributed by atoms with van der Waals surface area (Å²) in [6.07, 6.45) is 3.58. The summed E-state index contributed by atoms with van der Waals surface area (Å²) < 4.78 is 0. The molecule has 1 aromatic rings. The van der Waals surface area contributed by atoms with Gasteiger partial charge in [0.15, 0.2) is 0 Å². The van der Waals surface area contributed by atoms with Crippen LogP contribution in [0.1, 0.15) is 41.4 Å². The van der Waals surface area contributed by atoms with E-state index < -0.39 is 0 Å². The minimum Gasteiger partial charge on any atom is -0.396 e. The maximum atomic E-state index is 11.7. The van der Waals surface area contributed by atoms with Crippen molar-refractivity contribution in [3.63, 3.8) is 0 Å². The second-order valence-electron chi connectivity index (χ2n) is 4.95. The van der Waals surface area contributed by atoms with Crippen molar-refractivity contribution in [2.24, 2.45) is 5.41 Å². The molecule has 1 heterocycles. The van der Waals surface area contributed by atoms with Gasteiger partial charge in [-0.05, 0) is 24.7 Å². The van der Waals surface area contributed by atoms with Gasteiger partial charge in [0.05, 0.1) is 5.69 Å². The van der Waals surface area contributed by atoms with Gasteiger partial charge in [-0.1, -0.05) is 6.92 Å². The predicted molar refractivity (Wildman–Crippen MR) is 77.3 cm³/mol. The van der Waals surface area contributed by atoms with Gasteiger partial charge in [-0.25, -0.2) is 0 Å². The first-order chi connectivity index (χ1) is 9.06. The standard InChI is InChI=1S/C13H18N4OS/c1-3-13(4-5-13)7-17-12-8(6-14)9(15)10(19-12)11(18)16-2/h17H,3-5,7,15H2,1-2H3,(H,16,18). The quantitative estimate of drug-likeness (QED) is 0.769. The Bertz CT molecular complexity index is 540. The van der Waals surface area contributed by atoms with Gasteiger partial charge in [0.1, 0.15) is 21.5 Å². The maximum absolute atomic E-state index is 11.7. The fourth-order valence-electron chi connectivity index (χ4n) is 2.06. The van der Waals surface area contributed by atoms with Gasteiger partial charge < -0.3 is 16.4 Å². The first-order valence-corrected chi connectivity index (χ1v) is 7.17. The highest BCUT2D eigenvalue weighted by Crippen LogP contribution is 2.49. The van der Waals surface area contributed by atoms with Crippen molar-refractivity contribution in [1.29, 1.82) is 5.26 Å². The van der Waals surface area contributed by atoms with Gasteiger partial charge in [-0.15, -0.1) is 11.3 Å². The largest absolute Gasteiger partial charge is 0.396 e. The van der Waals surface area contributed by atoms with Crippen LogP contribution in [-0.2, 0) is 0 Å². The number of nitrogens with one attached hydrogen (secondary N) is 2. The molecular formula is C13H18N4OS. The Morgan fingerprint density at radius 2 is 2.26 bits per heavy atom. The second kappa shape index (κ2) is 5.10. The Labute approximate surface area is 116 Å². The molecule has 19 heavy (non-hydrogen) atoms. The minimum atomic E-state index is -0.247. The molecule has 0 unspecified atom stereocenters.